The molecule has 0 aromatic heterocycles. The molecule has 0 saturated heterocycles. The Morgan fingerprint density at radius 1 is 0.433 bits per heavy atom. The monoisotopic (exact) mass is 835 g/mol. The van der Waals surface area contributed by atoms with Gasteiger partial charge in [0.1, 0.15) is 11.5 Å². The van der Waals surface area contributed by atoms with Gasteiger partial charge in [0.15, 0.2) is 0 Å². The van der Waals surface area contributed by atoms with Gasteiger partial charge in [-0.15, -0.1) is 0 Å². The van der Waals surface area contributed by atoms with Gasteiger partial charge in [0.2, 0.25) is 0 Å². The fraction of sp³-hybridized carbons (Fsp3) is 0.741. The summed E-state index contributed by atoms with van der Waals surface area (Å²) < 4.78 is 12.2. The van der Waals surface area contributed by atoms with Gasteiger partial charge in [-0.25, -0.2) is 0 Å². The van der Waals surface area contributed by atoms with Gasteiger partial charge in [-0.1, -0.05) is 211 Å². The molecule has 0 unspecified atom stereocenters. The molecule has 0 atom stereocenters. The quantitative estimate of drug-likeness (QED) is 0.0588. The average Bonchev–Trinajstić information content (AvgIpc) is 3.11. The van der Waals surface area contributed by atoms with Crippen molar-refractivity contribution in [2.45, 2.75) is 259 Å². The third kappa shape index (κ3) is 18.9. The minimum atomic E-state index is -1.38. The first-order valence-corrected chi connectivity index (χ1v) is 24.0. The lowest BCUT2D eigenvalue weighted by Gasteiger charge is -2.30. The number of aryl methyl sites for hydroxylation is 2. The van der Waals surface area contributed by atoms with Crippen LogP contribution in [0.1, 0.15) is 252 Å². The van der Waals surface area contributed by atoms with E-state index >= 15 is 0 Å². The zero-order valence-electron chi connectivity index (χ0n) is 41.2. The summed E-state index contributed by atoms with van der Waals surface area (Å²) in [6.45, 7) is 29.0. The average molecular weight is 835 g/mol. The molecule has 0 fully saturated rings. The lowest BCUT2D eigenvalue weighted by molar-refractivity contribution is -0.225. The third-order valence-electron chi connectivity index (χ3n) is 12.0. The molecule has 60 heavy (non-hydrogen) atoms. The predicted molar refractivity (Wildman–Crippen MR) is 252 cm³/mol. The zero-order valence-corrected chi connectivity index (χ0v) is 41.2. The molecule has 0 saturated carbocycles. The minimum absolute atomic E-state index is 0.128. The lowest BCUT2D eigenvalue weighted by atomic mass is 9.78. The molecule has 0 aliphatic rings. The van der Waals surface area contributed by atoms with Crippen LogP contribution in [0.5, 0.6) is 11.5 Å². The highest BCUT2D eigenvalue weighted by atomic mass is 16.7. The number of carbonyl (C=O) groups excluding carboxylic acids is 2. The molecule has 0 aliphatic heterocycles. The number of esters is 2. The summed E-state index contributed by atoms with van der Waals surface area (Å²) >= 11 is 0. The van der Waals surface area contributed by atoms with E-state index in [0.29, 0.717) is 30.8 Å². The van der Waals surface area contributed by atoms with Crippen LogP contribution in [-0.4, -0.2) is 27.9 Å². The Balaban J connectivity index is 2.09. The van der Waals surface area contributed by atoms with Gasteiger partial charge < -0.3 is 19.7 Å². The number of carbonyl (C=O) groups is 2. The summed E-state index contributed by atoms with van der Waals surface area (Å²) in [4.78, 5) is 27.2. The van der Waals surface area contributed by atoms with Crippen LogP contribution in [-0.2, 0) is 53.6 Å². The topological polar surface area (TPSA) is 93.1 Å². The second-order valence-corrected chi connectivity index (χ2v) is 22.2. The van der Waals surface area contributed by atoms with Crippen molar-refractivity contribution in [1.29, 1.82) is 0 Å². The normalized spacial score (nSPS) is 12.8. The number of hydrogen-bond donors (Lipinski definition) is 2. The van der Waals surface area contributed by atoms with Crippen LogP contribution < -0.4 is 0 Å². The number of benzene rings is 2. The molecule has 0 spiro atoms. The smallest absolute Gasteiger partial charge is 0.309 e. The van der Waals surface area contributed by atoms with Crippen molar-refractivity contribution in [2.24, 2.45) is 0 Å². The molecule has 2 rings (SSSR count). The summed E-state index contributed by atoms with van der Waals surface area (Å²) in [6.07, 6.45) is 21.8. The number of unbranched alkanes of at least 4 members (excludes halogenated alkanes) is 15. The van der Waals surface area contributed by atoms with Crippen molar-refractivity contribution in [2.75, 3.05) is 0 Å². The van der Waals surface area contributed by atoms with E-state index in [1.165, 1.54) is 83.5 Å². The number of phenolic OH excluding ortho intramolecular Hbond substituents is 2. The highest BCUT2D eigenvalue weighted by Crippen LogP contribution is 2.41. The molecule has 0 amide bonds. The Kier molecular flexibility index (Phi) is 21.2. The Labute approximate surface area is 368 Å². The fourth-order valence-corrected chi connectivity index (χ4v) is 8.16. The van der Waals surface area contributed by atoms with Crippen LogP contribution >= 0.6 is 0 Å². The lowest BCUT2D eigenvalue weighted by Crippen LogP contribution is -2.37. The highest BCUT2D eigenvalue weighted by molar-refractivity contribution is 5.72. The maximum Gasteiger partial charge on any atom is 0.309 e. The molecular weight excluding hydrogens is 745 g/mol. The summed E-state index contributed by atoms with van der Waals surface area (Å²) in [5.74, 6) is -1.57. The van der Waals surface area contributed by atoms with Gasteiger partial charge in [0, 0.05) is 26.2 Å². The van der Waals surface area contributed by atoms with Crippen molar-refractivity contribution in [3.63, 3.8) is 0 Å². The van der Waals surface area contributed by atoms with Gasteiger partial charge in [-0.3, -0.25) is 9.59 Å². The van der Waals surface area contributed by atoms with E-state index in [0.717, 1.165) is 52.6 Å². The van der Waals surface area contributed by atoms with Crippen LogP contribution in [0.4, 0.5) is 0 Å². The van der Waals surface area contributed by atoms with Gasteiger partial charge in [0.05, 0.1) is 0 Å². The number of hydrogen-bond acceptors (Lipinski definition) is 6. The van der Waals surface area contributed by atoms with E-state index in [4.69, 9.17) is 9.47 Å². The molecule has 0 bridgehead atoms. The molecule has 0 aliphatic carbocycles. The molecule has 2 aromatic carbocycles. The van der Waals surface area contributed by atoms with Crippen LogP contribution in [0.15, 0.2) is 24.3 Å². The van der Waals surface area contributed by atoms with Crippen LogP contribution in [0.3, 0.4) is 0 Å². The maximum absolute atomic E-state index is 13.6. The summed E-state index contributed by atoms with van der Waals surface area (Å²) in [5, 5.41) is 22.4. The van der Waals surface area contributed by atoms with Crippen molar-refractivity contribution >= 4 is 11.9 Å². The number of ether oxygens (including phenoxy) is 2. The second kappa shape index (κ2) is 24.0. The SMILES string of the molecule is CCCCCCCCCCCCCCCCCCC(C)(OC(=O)CCc1cc(C(C)(C)C)c(O)c(C(C)(C)C)c1)OC(=O)CCc1cc(C(C)(C)C)c(O)c(C(C)(C)C)c1. The number of phenols is 2. The first-order chi connectivity index (χ1) is 27.8. The van der Waals surface area contributed by atoms with Gasteiger partial charge in [0.25, 0.3) is 5.79 Å². The Bertz CT molecular complexity index is 1440. The molecule has 6 nitrogen and oxygen atoms in total. The first kappa shape index (κ1) is 53.1. The van der Waals surface area contributed by atoms with E-state index in [1.807, 2.05) is 24.3 Å². The van der Waals surface area contributed by atoms with E-state index in [-0.39, 0.29) is 34.5 Å². The number of aromatic hydroxyl groups is 2. The summed E-state index contributed by atoms with van der Waals surface area (Å²) in [5.41, 5.74) is 4.27. The largest absolute Gasteiger partial charge is 0.507 e. The van der Waals surface area contributed by atoms with E-state index < -0.39 is 17.7 Å². The summed E-state index contributed by atoms with van der Waals surface area (Å²) in [7, 11) is 0. The third-order valence-corrected chi connectivity index (χ3v) is 12.0. The van der Waals surface area contributed by atoms with E-state index in [2.05, 4.69) is 90.0 Å². The van der Waals surface area contributed by atoms with E-state index in [9.17, 15) is 19.8 Å². The molecule has 0 radical (unpaired) electrons. The molecular formula is C54H90O6. The molecule has 342 valence electrons. The highest BCUT2D eigenvalue weighted by Gasteiger charge is 2.34. The second-order valence-electron chi connectivity index (χ2n) is 22.2. The first-order valence-electron chi connectivity index (χ1n) is 24.0. The Hall–Kier alpha value is -3.02. The summed E-state index contributed by atoms with van der Waals surface area (Å²) in [6, 6.07) is 8.03. The van der Waals surface area contributed by atoms with Gasteiger partial charge in [-0.05, 0) is 74.3 Å². The van der Waals surface area contributed by atoms with Gasteiger partial charge in [-0.2, -0.15) is 0 Å². The molecule has 0 heterocycles. The zero-order chi connectivity index (χ0) is 45.4. The van der Waals surface area contributed by atoms with Crippen LogP contribution in [0.25, 0.3) is 0 Å². The standard InChI is InChI=1S/C54H90O6/c1-15-16-17-18-19-20-21-22-23-24-25-26-27-28-29-30-35-54(14,59-46(55)33-31-40-36-42(50(2,3)4)48(57)43(37-40)51(5,6)7)60-47(56)34-32-41-38-44(52(8,9)10)49(58)45(39-41)53(11,12)13/h36-39,57-58H,15-35H2,1-14H3. The fourth-order valence-electron chi connectivity index (χ4n) is 8.16. The molecule has 2 aromatic rings. The molecule has 6 heteroatoms. The maximum atomic E-state index is 13.6. The van der Waals surface area contributed by atoms with Crippen molar-refractivity contribution in [3.8, 4) is 11.5 Å². The number of rotatable bonds is 25. The van der Waals surface area contributed by atoms with E-state index in [1.54, 1.807) is 6.92 Å². The van der Waals surface area contributed by atoms with Crippen molar-refractivity contribution in [3.05, 3.63) is 57.6 Å². The Morgan fingerprint density at radius 2 is 0.683 bits per heavy atom. The predicted octanol–water partition coefficient (Wildman–Crippen LogP) is 15.3. The van der Waals surface area contributed by atoms with Crippen LogP contribution in [0, 0.1) is 0 Å². The van der Waals surface area contributed by atoms with Crippen LogP contribution in [0.2, 0.25) is 0 Å². The van der Waals surface area contributed by atoms with Gasteiger partial charge >= 0.3 is 11.9 Å². The Morgan fingerprint density at radius 3 is 0.933 bits per heavy atom. The van der Waals surface area contributed by atoms with Crippen molar-refractivity contribution < 1.29 is 29.3 Å². The van der Waals surface area contributed by atoms with Crippen molar-refractivity contribution in [1.82, 2.24) is 0 Å². The minimum Gasteiger partial charge on any atom is -0.507 e. The molecule has 2 N–H and O–H groups in total.